The third kappa shape index (κ3) is 3.41. The number of nitrogens with zero attached hydrogens (tertiary/aromatic N) is 2. The normalized spacial score (nSPS) is 10.2. The van der Waals surface area contributed by atoms with Gasteiger partial charge in [0.05, 0.1) is 10.5 Å². The second-order valence-electron chi connectivity index (χ2n) is 3.89. The van der Waals surface area contributed by atoms with E-state index in [4.69, 9.17) is 10.2 Å². The maximum atomic E-state index is 11.2. The first-order valence-corrected chi connectivity index (χ1v) is 5.89. The number of carboxylic acid groups (broad SMARTS) is 1. The first-order valence-electron chi connectivity index (χ1n) is 5.89. The van der Waals surface area contributed by atoms with Crippen molar-refractivity contribution in [3.05, 3.63) is 33.9 Å². The maximum absolute atomic E-state index is 11.2. The van der Waals surface area contributed by atoms with Crippen molar-refractivity contribution >= 4 is 17.3 Å². The van der Waals surface area contributed by atoms with Crippen molar-refractivity contribution in [2.75, 3.05) is 24.6 Å². The lowest BCUT2D eigenvalue weighted by Gasteiger charge is -2.23. The number of nitro groups is 1. The Labute approximate surface area is 110 Å². The van der Waals surface area contributed by atoms with Crippen LogP contribution in [-0.4, -0.2) is 40.8 Å². The van der Waals surface area contributed by atoms with Crippen LogP contribution in [0.4, 0.5) is 11.4 Å². The fourth-order valence-electron chi connectivity index (χ4n) is 1.87. The van der Waals surface area contributed by atoms with Crippen molar-refractivity contribution in [2.24, 2.45) is 0 Å². The summed E-state index contributed by atoms with van der Waals surface area (Å²) in [4.78, 5) is 23.2. The Kier molecular flexibility index (Phi) is 5.25. The van der Waals surface area contributed by atoms with Gasteiger partial charge in [-0.25, -0.2) is 4.79 Å². The number of carbonyl (C=O) groups is 1. The number of carboxylic acids is 1. The standard InChI is InChI=1S/C12H16N2O5/c1-2-13(7-4-8-15)11-9(12(16)17)5-3-6-10(11)14(18)19/h3,5-6,15H,2,4,7-8H2,1H3,(H,16,17). The quantitative estimate of drug-likeness (QED) is 0.573. The zero-order valence-electron chi connectivity index (χ0n) is 10.6. The molecule has 0 radical (unpaired) electrons. The molecule has 0 fully saturated rings. The minimum atomic E-state index is -1.21. The van der Waals surface area contributed by atoms with Crippen LogP contribution >= 0.6 is 0 Å². The fraction of sp³-hybridized carbons (Fsp3) is 0.417. The Bertz CT molecular complexity index is 443. The Balaban J connectivity index is 3.33. The number of hydrogen-bond acceptors (Lipinski definition) is 5. The summed E-state index contributed by atoms with van der Waals surface area (Å²) in [5.41, 5.74) is -0.246. The van der Waals surface area contributed by atoms with E-state index in [1.165, 1.54) is 18.2 Å². The highest BCUT2D eigenvalue weighted by Gasteiger charge is 2.25. The first kappa shape index (κ1) is 14.9. The van der Waals surface area contributed by atoms with Gasteiger partial charge in [-0.15, -0.1) is 0 Å². The number of hydrogen-bond donors (Lipinski definition) is 2. The number of benzene rings is 1. The van der Waals surface area contributed by atoms with Gasteiger partial charge in [-0.3, -0.25) is 10.1 Å². The molecule has 0 atom stereocenters. The van der Waals surface area contributed by atoms with E-state index in [0.717, 1.165) is 0 Å². The lowest BCUT2D eigenvalue weighted by atomic mass is 10.1. The number of para-hydroxylation sites is 1. The van der Waals surface area contributed by atoms with Crippen LogP contribution in [0.2, 0.25) is 0 Å². The van der Waals surface area contributed by atoms with Gasteiger partial charge in [0.1, 0.15) is 5.69 Å². The van der Waals surface area contributed by atoms with Crippen LogP contribution in [0.1, 0.15) is 23.7 Å². The second-order valence-corrected chi connectivity index (χ2v) is 3.89. The molecule has 104 valence electrons. The highest BCUT2D eigenvalue weighted by molar-refractivity contribution is 5.97. The van der Waals surface area contributed by atoms with Gasteiger partial charge in [-0.05, 0) is 19.4 Å². The molecule has 0 amide bonds. The number of rotatable bonds is 7. The molecule has 0 saturated carbocycles. The van der Waals surface area contributed by atoms with E-state index in [9.17, 15) is 14.9 Å². The first-order chi connectivity index (χ1) is 9.02. The van der Waals surface area contributed by atoms with Crippen molar-refractivity contribution in [3.8, 4) is 0 Å². The van der Waals surface area contributed by atoms with Crippen molar-refractivity contribution < 1.29 is 19.9 Å². The van der Waals surface area contributed by atoms with E-state index in [1.807, 2.05) is 0 Å². The smallest absolute Gasteiger partial charge is 0.338 e. The molecule has 19 heavy (non-hydrogen) atoms. The monoisotopic (exact) mass is 268 g/mol. The third-order valence-corrected chi connectivity index (χ3v) is 2.73. The molecule has 0 aliphatic heterocycles. The summed E-state index contributed by atoms with van der Waals surface area (Å²) in [5, 5.41) is 29.0. The van der Waals surface area contributed by atoms with Crippen LogP contribution in [-0.2, 0) is 0 Å². The van der Waals surface area contributed by atoms with Crippen LogP contribution in [0.5, 0.6) is 0 Å². The van der Waals surface area contributed by atoms with E-state index in [1.54, 1.807) is 11.8 Å². The summed E-state index contributed by atoms with van der Waals surface area (Å²) in [6.45, 7) is 2.50. The summed E-state index contributed by atoms with van der Waals surface area (Å²) in [6, 6.07) is 3.97. The summed E-state index contributed by atoms with van der Waals surface area (Å²) >= 11 is 0. The van der Waals surface area contributed by atoms with Gasteiger partial charge in [-0.2, -0.15) is 0 Å². The van der Waals surface area contributed by atoms with E-state index >= 15 is 0 Å². The maximum Gasteiger partial charge on any atom is 0.338 e. The summed E-state index contributed by atoms with van der Waals surface area (Å²) in [6.07, 6.45) is 0.416. The Morgan fingerprint density at radius 2 is 2.16 bits per heavy atom. The molecule has 0 aliphatic carbocycles. The Morgan fingerprint density at radius 3 is 2.63 bits per heavy atom. The molecule has 0 saturated heterocycles. The van der Waals surface area contributed by atoms with E-state index in [0.29, 0.717) is 19.5 Å². The topological polar surface area (TPSA) is 104 Å². The average Bonchev–Trinajstić information content (AvgIpc) is 2.39. The minimum Gasteiger partial charge on any atom is -0.478 e. The number of aromatic carboxylic acids is 1. The van der Waals surface area contributed by atoms with Gasteiger partial charge in [-0.1, -0.05) is 6.07 Å². The van der Waals surface area contributed by atoms with Crippen molar-refractivity contribution in [3.63, 3.8) is 0 Å². The van der Waals surface area contributed by atoms with Crippen LogP contribution in [0.3, 0.4) is 0 Å². The molecule has 7 heteroatoms. The average molecular weight is 268 g/mol. The van der Waals surface area contributed by atoms with E-state index in [2.05, 4.69) is 0 Å². The number of anilines is 1. The molecule has 1 aromatic carbocycles. The minimum absolute atomic E-state index is 0.0560. The van der Waals surface area contributed by atoms with Crippen LogP contribution in [0.15, 0.2) is 18.2 Å². The summed E-state index contributed by atoms with van der Waals surface area (Å²) in [7, 11) is 0. The van der Waals surface area contributed by atoms with Crippen molar-refractivity contribution in [1.82, 2.24) is 0 Å². The second kappa shape index (κ2) is 6.69. The van der Waals surface area contributed by atoms with Crippen molar-refractivity contribution in [2.45, 2.75) is 13.3 Å². The molecule has 1 aromatic rings. The largest absolute Gasteiger partial charge is 0.478 e. The predicted octanol–water partition coefficient (Wildman–Crippen LogP) is 1.50. The molecule has 0 unspecified atom stereocenters. The molecule has 1 rings (SSSR count). The summed E-state index contributed by atoms with van der Waals surface area (Å²) in [5.74, 6) is -1.21. The van der Waals surface area contributed by atoms with Crippen LogP contribution in [0.25, 0.3) is 0 Å². The highest BCUT2D eigenvalue weighted by Crippen LogP contribution is 2.32. The zero-order valence-corrected chi connectivity index (χ0v) is 10.6. The fourth-order valence-corrected chi connectivity index (χ4v) is 1.87. The molecule has 0 aliphatic rings. The molecular formula is C12H16N2O5. The van der Waals surface area contributed by atoms with Gasteiger partial charge >= 0.3 is 5.97 Å². The Hall–Kier alpha value is -2.15. The van der Waals surface area contributed by atoms with Crippen LogP contribution in [0, 0.1) is 10.1 Å². The van der Waals surface area contributed by atoms with Gasteiger partial charge in [0.25, 0.3) is 5.69 Å². The summed E-state index contributed by atoms with van der Waals surface area (Å²) < 4.78 is 0. The molecule has 0 heterocycles. The molecule has 0 bridgehead atoms. The molecule has 0 aromatic heterocycles. The van der Waals surface area contributed by atoms with Gasteiger partial charge in [0.15, 0.2) is 0 Å². The lowest BCUT2D eigenvalue weighted by molar-refractivity contribution is -0.384. The molecular weight excluding hydrogens is 252 g/mol. The van der Waals surface area contributed by atoms with Gasteiger partial charge in [0, 0.05) is 25.8 Å². The molecule has 7 nitrogen and oxygen atoms in total. The predicted molar refractivity (Wildman–Crippen MR) is 69.6 cm³/mol. The molecule has 0 spiro atoms. The number of aliphatic hydroxyl groups is 1. The van der Waals surface area contributed by atoms with Gasteiger partial charge < -0.3 is 15.1 Å². The molecule has 2 N–H and O–H groups in total. The third-order valence-electron chi connectivity index (χ3n) is 2.73. The Morgan fingerprint density at radius 1 is 1.47 bits per heavy atom. The highest BCUT2D eigenvalue weighted by atomic mass is 16.6. The van der Waals surface area contributed by atoms with E-state index < -0.39 is 10.9 Å². The van der Waals surface area contributed by atoms with Crippen LogP contribution < -0.4 is 4.90 Å². The lowest BCUT2D eigenvalue weighted by Crippen LogP contribution is -2.27. The number of aliphatic hydroxyl groups excluding tert-OH is 1. The van der Waals surface area contributed by atoms with Crippen molar-refractivity contribution in [1.29, 1.82) is 0 Å². The zero-order chi connectivity index (χ0) is 14.4. The number of nitro benzene ring substituents is 1. The van der Waals surface area contributed by atoms with E-state index in [-0.39, 0.29) is 23.5 Å². The van der Waals surface area contributed by atoms with Gasteiger partial charge in [0.2, 0.25) is 0 Å². The SMILES string of the molecule is CCN(CCCO)c1c(C(=O)O)cccc1[N+](=O)[O-].